The molecule has 6 nitrogen and oxygen atoms in total. The van der Waals surface area contributed by atoms with E-state index < -0.39 is 10.8 Å². The Hall–Kier alpha value is -1.05. The molecule has 0 amide bonds. The average molecular weight is 295 g/mol. The van der Waals surface area contributed by atoms with Crippen LogP contribution in [0.2, 0.25) is 0 Å². The van der Waals surface area contributed by atoms with E-state index >= 15 is 0 Å². The number of anilines is 1. The molecular weight excluding hydrogens is 274 g/mol. The molecule has 1 fully saturated rings. The molecule has 110 valence electrons. The zero-order valence-corrected chi connectivity index (χ0v) is 12.4. The molecule has 1 aromatic heterocycles. The smallest absolute Gasteiger partial charge is 0.225 e. The van der Waals surface area contributed by atoms with E-state index in [4.69, 9.17) is 10.7 Å². The molecule has 3 heterocycles. The maximum atomic E-state index is 12.1. The minimum atomic E-state index is -0.923. The van der Waals surface area contributed by atoms with Crippen molar-refractivity contribution < 1.29 is 4.21 Å². The van der Waals surface area contributed by atoms with E-state index in [1.807, 2.05) is 0 Å². The molecule has 0 bridgehead atoms. The summed E-state index contributed by atoms with van der Waals surface area (Å²) in [5.41, 5.74) is 7.53. The highest BCUT2D eigenvalue weighted by molar-refractivity contribution is 7.85. The van der Waals surface area contributed by atoms with Crippen molar-refractivity contribution in [2.75, 3.05) is 43.4 Å². The second-order valence-corrected chi connectivity index (χ2v) is 6.68. The molecule has 3 N–H and O–H groups in total. The first kappa shape index (κ1) is 13.9. The topological polar surface area (TPSA) is 84.1 Å². The van der Waals surface area contributed by atoms with Crippen molar-refractivity contribution >= 4 is 16.7 Å². The largest absolute Gasteiger partial charge is 0.338 e. The van der Waals surface area contributed by atoms with E-state index in [2.05, 4.69) is 15.2 Å². The molecule has 20 heavy (non-hydrogen) atoms. The average Bonchev–Trinajstić information content (AvgIpc) is 2.87. The molecule has 0 spiro atoms. The van der Waals surface area contributed by atoms with Crippen LogP contribution in [-0.4, -0.2) is 52.7 Å². The van der Waals surface area contributed by atoms with Crippen LogP contribution in [0.4, 0.5) is 5.95 Å². The van der Waals surface area contributed by atoms with Crippen molar-refractivity contribution in [1.82, 2.24) is 15.3 Å². The van der Waals surface area contributed by atoms with Crippen LogP contribution in [-0.2, 0) is 23.6 Å². The molecule has 1 unspecified atom stereocenters. The maximum Gasteiger partial charge on any atom is 0.225 e. The summed E-state index contributed by atoms with van der Waals surface area (Å²) in [7, 11) is -0.923. The number of nitrogens with two attached hydrogens (primary N) is 1. The Balaban J connectivity index is 1.94. The molecule has 0 aromatic carbocycles. The molecular formula is C13H21N5OS. The van der Waals surface area contributed by atoms with Gasteiger partial charge in [0.15, 0.2) is 0 Å². The van der Waals surface area contributed by atoms with E-state index in [1.165, 1.54) is 0 Å². The molecule has 1 aromatic rings. The summed E-state index contributed by atoms with van der Waals surface area (Å²) in [6.45, 7) is 4.42. The van der Waals surface area contributed by atoms with E-state index in [1.54, 1.807) is 0 Å². The van der Waals surface area contributed by atoms with Crippen LogP contribution in [0.5, 0.6) is 0 Å². The van der Waals surface area contributed by atoms with Crippen LogP contribution in [0.3, 0.4) is 0 Å². The third-order valence-corrected chi connectivity index (χ3v) is 5.27. The van der Waals surface area contributed by atoms with E-state index in [9.17, 15) is 4.21 Å². The van der Waals surface area contributed by atoms with Crippen LogP contribution >= 0.6 is 0 Å². The van der Waals surface area contributed by atoms with Crippen molar-refractivity contribution in [1.29, 1.82) is 0 Å². The predicted octanol–water partition coefficient (Wildman–Crippen LogP) is -0.559. The van der Waals surface area contributed by atoms with Gasteiger partial charge < -0.3 is 16.0 Å². The Morgan fingerprint density at radius 2 is 2.10 bits per heavy atom. The van der Waals surface area contributed by atoms with Crippen LogP contribution in [0, 0.1) is 0 Å². The fourth-order valence-corrected chi connectivity index (χ4v) is 4.11. The Kier molecular flexibility index (Phi) is 4.28. The first-order chi connectivity index (χ1) is 9.79. The van der Waals surface area contributed by atoms with Crippen LogP contribution in [0.1, 0.15) is 17.8 Å². The standard InChI is InChI=1S/C13H21N5OS/c14-4-1-2-10-12-11(3-9-20(12)19)17-13(16-10)18-7-5-15-6-8-18/h15H,1-9,14H2. The third-order valence-electron chi connectivity index (χ3n) is 3.76. The van der Waals surface area contributed by atoms with E-state index in [0.29, 0.717) is 12.3 Å². The molecule has 7 heteroatoms. The number of hydrogen-bond acceptors (Lipinski definition) is 6. The molecule has 1 saturated heterocycles. The first-order valence-corrected chi connectivity index (χ1v) is 8.55. The Morgan fingerprint density at radius 3 is 2.85 bits per heavy atom. The Bertz CT molecular complexity index is 516. The monoisotopic (exact) mass is 295 g/mol. The predicted molar refractivity (Wildman–Crippen MR) is 79.5 cm³/mol. The minimum Gasteiger partial charge on any atom is -0.338 e. The minimum absolute atomic E-state index is 0.633. The Labute approximate surface area is 121 Å². The second-order valence-electron chi connectivity index (χ2n) is 5.18. The van der Waals surface area contributed by atoms with Gasteiger partial charge in [-0.3, -0.25) is 4.21 Å². The summed E-state index contributed by atoms with van der Waals surface area (Å²) in [4.78, 5) is 12.5. The fraction of sp³-hybridized carbons (Fsp3) is 0.692. The zero-order valence-electron chi connectivity index (χ0n) is 11.6. The SMILES string of the molecule is NCCCc1nc(N2CCNCC2)nc2c1S(=O)CC2. The van der Waals surface area contributed by atoms with Gasteiger partial charge in [0, 0.05) is 38.4 Å². The summed E-state index contributed by atoms with van der Waals surface area (Å²) >= 11 is 0. The quantitative estimate of drug-likeness (QED) is 0.775. The maximum absolute atomic E-state index is 12.1. The summed E-state index contributed by atoms with van der Waals surface area (Å²) in [5.74, 6) is 1.49. The number of aromatic nitrogens is 2. The lowest BCUT2D eigenvalue weighted by Crippen LogP contribution is -2.44. The number of nitrogens with zero attached hydrogens (tertiary/aromatic N) is 3. The lowest BCUT2D eigenvalue weighted by atomic mass is 10.2. The summed E-state index contributed by atoms with van der Waals surface area (Å²) in [6, 6.07) is 0. The summed E-state index contributed by atoms with van der Waals surface area (Å²) in [5, 5.41) is 3.33. The fourth-order valence-electron chi connectivity index (χ4n) is 2.70. The highest BCUT2D eigenvalue weighted by Gasteiger charge is 2.26. The van der Waals surface area contributed by atoms with Crippen molar-refractivity contribution in [2.45, 2.75) is 24.2 Å². The van der Waals surface area contributed by atoms with E-state index in [0.717, 1.165) is 67.7 Å². The molecule has 2 aliphatic rings. The van der Waals surface area contributed by atoms with Gasteiger partial charge in [0.25, 0.3) is 0 Å². The first-order valence-electron chi connectivity index (χ1n) is 7.23. The van der Waals surface area contributed by atoms with Gasteiger partial charge in [0.05, 0.1) is 27.1 Å². The number of hydrogen-bond donors (Lipinski definition) is 2. The lowest BCUT2D eigenvalue weighted by molar-refractivity contribution is 0.576. The Morgan fingerprint density at radius 1 is 1.30 bits per heavy atom. The van der Waals surface area contributed by atoms with Gasteiger partial charge in [-0.25, -0.2) is 9.97 Å². The molecule has 1 atom stereocenters. The molecule has 0 radical (unpaired) electrons. The van der Waals surface area contributed by atoms with E-state index in [-0.39, 0.29) is 0 Å². The number of nitrogens with one attached hydrogen (secondary N) is 1. The highest BCUT2D eigenvalue weighted by atomic mass is 32.2. The summed E-state index contributed by atoms with van der Waals surface area (Å²) in [6.07, 6.45) is 2.48. The van der Waals surface area contributed by atoms with Crippen LogP contribution in [0.15, 0.2) is 4.90 Å². The zero-order chi connectivity index (χ0) is 13.9. The molecule has 2 aliphatic heterocycles. The number of aryl methyl sites for hydroxylation is 2. The van der Waals surface area contributed by atoms with Crippen LogP contribution < -0.4 is 16.0 Å². The summed E-state index contributed by atoms with van der Waals surface area (Å²) < 4.78 is 12.1. The number of piperazine rings is 1. The van der Waals surface area contributed by atoms with Gasteiger partial charge in [0.1, 0.15) is 0 Å². The van der Waals surface area contributed by atoms with Gasteiger partial charge in [0.2, 0.25) is 5.95 Å². The highest BCUT2D eigenvalue weighted by Crippen LogP contribution is 2.27. The number of fused-ring (bicyclic) bond motifs is 1. The van der Waals surface area contributed by atoms with Gasteiger partial charge in [-0.1, -0.05) is 0 Å². The molecule has 0 saturated carbocycles. The number of rotatable bonds is 4. The third kappa shape index (κ3) is 2.70. The van der Waals surface area contributed by atoms with Gasteiger partial charge in [-0.2, -0.15) is 0 Å². The van der Waals surface area contributed by atoms with Crippen molar-refractivity contribution in [2.24, 2.45) is 5.73 Å². The van der Waals surface area contributed by atoms with Crippen molar-refractivity contribution in [3.05, 3.63) is 11.4 Å². The van der Waals surface area contributed by atoms with Crippen LogP contribution in [0.25, 0.3) is 0 Å². The van der Waals surface area contributed by atoms with Crippen molar-refractivity contribution in [3.63, 3.8) is 0 Å². The second kappa shape index (κ2) is 6.15. The normalized spacial score (nSPS) is 22.1. The van der Waals surface area contributed by atoms with Gasteiger partial charge in [-0.15, -0.1) is 0 Å². The lowest BCUT2D eigenvalue weighted by Gasteiger charge is -2.28. The molecule has 0 aliphatic carbocycles. The van der Waals surface area contributed by atoms with Gasteiger partial charge in [-0.05, 0) is 19.4 Å². The van der Waals surface area contributed by atoms with Gasteiger partial charge >= 0.3 is 0 Å². The molecule has 3 rings (SSSR count). The van der Waals surface area contributed by atoms with Crippen molar-refractivity contribution in [3.8, 4) is 0 Å².